The summed E-state index contributed by atoms with van der Waals surface area (Å²) in [6.45, 7) is 1.05. The molecule has 0 aliphatic rings. The van der Waals surface area contributed by atoms with Gasteiger partial charge in [-0.05, 0) is 37.3 Å². The van der Waals surface area contributed by atoms with Gasteiger partial charge in [0.25, 0.3) is 11.5 Å². The molecule has 8 nitrogen and oxygen atoms in total. The maximum absolute atomic E-state index is 13.1. The van der Waals surface area contributed by atoms with Gasteiger partial charge in [-0.15, -0.1) is 0 Å². The summed E-state index contributed by atoms with van der Waals surface area (Å²) in [4.78, 5) is 37.0. The number of nitrogens with one attached hydrogen (secondary N) is 1. The predicted molar refractivity (Wildman–Crippen MR) is 105 cm³/mol. The number of hydrogen-bond acceptors (Lipinski definition) is 5. The van der Waals surface area contributed by atoms with E-state index in [0.29, 0.717) is 11.4 Å². The zero-order valence-corrected chi connectivity index (χ0v) is 15.8. The van der Waals surface area contributed by atoms with Crippen LogP contribution < -0.4 is 16.6 Å². The monoisotopic (exact) mass is 398 g/mol. The molecule has 29 heavy (non-hydrogen) atoms. The van der Waals surface area contributed by atoms with Crippen molar-refractivity contribution < 1.29 is 18.7 Å². The van der Waals surface area contributed by atoms with Gasteiger partial charge in [0.15, 0.2) is 6.61 Å². The number of para-hydroxylation sites is 1. The molecule has 3 rings (SSSR count). The van der Waals surface area contributed by atoms with Crippen molar-refractivity contribution in [3.63, 3.8) is 0 Å². The highest BCUT2D eigenvalue weighted by atomic mass is 19.1. The third-order valence-electron chi connectivity index (χ3n) is 4.39. The summed E-state index contributed by atoms with van der Waals surface area (Å²) >= 11 is 0. The number of benzene rings is 2. The van der Waals surface area contributed by atoms with Crippen molar-refractivity contribution in [2.75, 3.05) is 17.7 Å². The molecule has 3 aromatic rings. The van der Waals surface area contributed by atoms with Crippen molar-refractivity contribution in [3.8, 4) is 5.69 Å². The lowest BCUT2D eigenvalue weighted by molar-refractivity contribution is -0.119. The van der Waals surface area contributed by atoms with E-state index < -0.39 is 29.9 Å². The van der Waals surface area contributed by atoms with Gasteiger partial charge in [-0.2, -0.15) is 0 Å². The van der Waals surface area contributed by atoms with E-state index >= 15 is 0 Å². The molecule has 0 radical (unpaired) electrons. The fourth-order valence-corrected chi connectivity index (χ4v) is 2.82. The molecule has 0 fully saturated rings. The number of amides is 1. The number of nitrogens with two attached hydrogens (primary N) is 1. The van der Waals surface area contributed by atoms with Crippen LogP contribution >= 0.6 is 0 Å². The average molecular weight is 398 g/mol. The van der Waals surface area contributed by atoms with E-state index in [2.05, 4.69) is 5.32 Å². The van der Waals surface area contributed by atoms with Gasteiger partial charge in [-0.1, -0.05) is 18.2 Å². The number of aromatic nitrogens is 2. The minimum Gasteiger partial charge on any atom is -0.452 e. The molecular weight excluding hydrogens is 379 g/mol. The van der Waals surface area contributed by atoms with Gasteiger partial charge in [-0.25, -0.2) is 13.9 Å². The largest absolute Gasteiger partial charge is 0.452 e. The summed E-state index contributed by atoms with van der Waals surface area (Å²) in [6.07, 6.45) is 0. The molecule has 0 spiro atoms. The minimum absolute atomic E-state index is 0.0541. The van der Waals surface area contributed by atoms with Gasteiger partial charge in [0.1, 0.15) is 11.5 Å². The van der Waals surface area contributed by atoms with Crippen LogP contribution in [0.15, 0.2) is 53.3 Å². The van der Waals surface area contributed by atoms with Crippen LogP contribution in [0.4, 0.5) is 15.8 Å². The van der Waals surface area contributed by atoms with E-state index in [4.69, 9.17) is 10.5 Å². The Kier molecular flexibility index (Phi) is 5.49. The molecule has 1 amide bonds. The van der Waals surface area contributed by atoms with Gasteiger partial charge in [0, 0.05) is 12.7 Å². The van der Waals surface area contributed by atoms with Gasteiger partial charge in [0.05, 0.1) is 16.9 Å². The fraction of sp³-hybridized carbons (Fsp3) is 0.150. The Hall–Kier alpha value is -3.88. The van der Waals surface area contributed by atoms with Crippen LogP contribution in [0.25, 0.3) is 5.69 Å². The van der Waals surface area contributed by atoms with E-state index in [9.17, 15) is 18.8 Å². The second-order valence-electron chi connectivity index (χ2n) is 6.29. The zero-order valence-electron chi connectivity index (χ0n) is 15.8. The van der Waals surface area contributed by atoms with Crippen molar-refractivity contribution in [2.24, 2.45) is 7.05 Å². The van der Waals surface area contributed by atoms with Gasteiger partial charge in [0.2, 0.25) is 0 Å². The van der Waals surface area contributed by atoms with Crippen LogP contribution in [0.2, 0.25) is 0 Å². The number of hydrogen-bond donors (Lipinski definition) is 2. The van der Waals surface area contributed by atoms with Crippen LogP contribution in [-0.2, 0) is 16.6 Å². The predicted octanol–water partition coefficient (Wildman–Crippen LogP) is 2.00. The number of carbonyl (C=O) groups excluding carboxylic acids is 2. The van der Waals surface area contributed by atoms with Crippen LogP contribution in [0, 0.1) is 12.7 Å². The van der Waals surface area contributed by atoms with Crippen molar-refractivity contribution in [1.29, 1.82) is 0 Å². The van der Waals surface area contributed by atoms with Gasteiger partial charge < -0.3 is 15.8 Å². The quantitative estimate of drug-likeness (QED) is 0.505. The summed E-state index contributed by atoms with van der Waals surface area (Å²) in [5.74, 6) is -2.15. The van der Waals surface area contributed by atoms with Crippen molar-refractivity contribution in [2.45, 2.75) is 6.92 Å². The SMILES string of the molecule is Cc1c(NC(=O)COC(=O)c2ccc(F)cc2N)c(=O)n(-c2ccccc2)n1C. The first-order valence-corrected chi connectivity index (χ1v) is 8.65. The second-order valence-corrected chi connectivity index (χ2v) is 6.29. The summed E-state index contributed by atoms with van der Waals surface area (Å²) in [7, 11) is 1.69. The molecule has 1 aromatic heterocycles. The molecule has 0 aliphatic carbocycles. The standard InChI is InChI=1S/C20H19FN4O4/c1-12-18(19(27)25(24(12)2)14-6-4-3-5-7-14)23-17(26)11-29-20(28)15-9-8-13(21)10-16(15)22/h3-10H,11,22H2,1-2H3,(H,23,26). The van der Waals surface area contributed by atoms with Crippen molar-refractivity contribution in [3.05, 3.63) is 76.0 Å². The average Bonchev–Trinajstić information content (AvgIpc) is 2.90. The molecule has 0 unspecified atom stereocenters. The number of esters is 1. The number of nitrogen functional groups attached to an aromatic ring is 1. The third-order valence-corrected chi connectivity index (χ3v) is 4.39. The summed E-state index contributed by atoms with van der Waals surface area (Å²) in [6, 6.07) is 12.2. The van der Waals surface area contributed by atoms with E-state index in [1.54, 1.807) is 42.9 Å². The number of halogens is 1. The first kappa shape index (κ1) is 19.9. The molecule has 9 heteroatoms. The Morgan fingerprint density at radius 1 is 1.17 bits per heavy atom. The van der Waals surface area contributed by atoms with E-state index in [-0.39, 0.29) is 16.9 Å². The Labute approximate surface area is 165 Å². The van der Waals surface area contributed by atoms with Gasteiger partial charge in [-0.3, -0.25) is 14.3 Å². The number of anilines is 2. The molecule has 0 atom stereocenters. The maximum Gasteiger partial charge on any atom is 0.340 e. The van der Waals surface area contributed by atoms with E-state index in [1.807, 2.05) is 6.07 Å². The fourth-order valence-electron chi connectivity index (χ4n) is 2.82. The smallest absolute Gasteiger partial charge is 0.340 e. The summed E-state index contributed by atoms with van der Waals surface area (Å²) in [5.41, 5.74) is 6.26. The molecule has 2 aromatic carbocycles. The van der Waals surface area contributed by atoms with Crippen LogP contribution in [0.5, 0.6) is 0 Å². The Morgan fingerprint density at radius 2 is 1.86 bits per heavy atom. The number of nitrogens with zero attached hydrogens (tertiary/aromatic N) is 2. The first-order chi connectivity index (χ1) is 13.8. The lowest BCUT2D eigenvalue weighted by Gasteiger charge is -2.08. The van der Waals surface area contributed by atoms with Crippen LogP contribution in [0.3, 0.4) is 0 Å². The molecule has 150 valence electrons. The Morgan fingerprint density at radius 3 is 2.52 bits per heavy atom. The van der Waals surface area contributed by atoms with E-state index in [0.717, 1.165) is 12.1 Å². The highest BCUT2D eigenvalue weighted by molar-refractivity contribution is 5.98. The number of ether oxygens (including phenoxy) is 1. The molecule has 0 saturated carbocycles. The minimum atomic E-state index is -0.871. The molecule has 0 bridgehead atoms. The lowest BCUT2D eigenvalue weighted by Crippen LogP contribution is -2.26. The van der Waals surface area contributed by atoms with Crippen LogP contribution in [-0.4, -0.2) is 27.8 Å². The molecule has 0 aliphatic heterocycles. The molecule has 0 saturated heterocycles. The molecular formula is C20H19FN4O4. The number of rotatable bonds is 5. The highest BCUT2D eigenvalue weighted by Crippen LogP contribution is 2.16. The Bertz CT molecular complexity index is 1140. The Balaban J connectivity index is 1.73. The van der Waals surface area contributed by atoms with Crippen molar-refractivity contribution in [1.82, 2.24) is 9.36 Å². The van der Waals surface area contributed by atoms with Gasteiger partial charge >= 0.3 is 5.97 Å². The highest BCUT2D eigenvalue weighted by Gasteiger charge is 2.19. The summed E-state index contributed by atoms with van der Waals surface area (Å²) in [5, 5.41) is 2.48. The second kappa shape index (κ2) is 8.01. The third kappa shape index (κ3) is 4.03. The number of carbonyl (C=O) groups is 2. The topological polar surface area (TPSA) is 108 Å². The molecule has 1 heterocycles. The van der Waals surface area contributed by atoms with Crippen molar-refractivity contribution >= 4 is 23.3 Å². The summed E-state index contributed by atoms with van der Waals surface area (Å²) < 4.78 is 21.0. The van der Waals surface area contributed by atoms with E-state index in [1.165, 1.54) is 10.7 Å². The van der Waals surface area contributed by atoms with Crippen LogP contribution in [0.1, 0.15) is 16.1 Å². The lowest BCUT2D eigenvalue weighted by atomic mass is 10.2. The normalized spacial score (nSPS) is 10.6. The molecule has 3 N–H and O–H groups in total. The first-order valence-electron chi connectivity index (χ1n) is 8.65. The zero-order chi connectivity index (χ0) is 21.1. The maximum atomic E-state index is 13.1.